The number of carbonyl (C=O) groups is 2. The van der Waals surface area contributed by atoms with E-state index in [1.54, 1.807) is 36.0 Å². The highest BCUT2D eigenvalue weighted by atomic mass is 16.6. The highest BCUT2D eigenvalue weighted by molar-refractivity contribution is 5.94. The average Bonchev–Trinajstić information content (AvgIpc) is 2.67. The fourth-order valence-corrected chi connectivity index (χ4v) is 2.44. The molecule has 0 aliphatic heterocycles. The Labute approximate surface area is 159 Å². The maximum Gasteiger partial charge on any atom is 0.412 e. The topological polar surface area (TPSA) is 91.5 Å². The average molecular weight is 372 g/mol. The largest absolute Gasteiger partial charge is 0.412 e. The molecule has 0 unspecified atom stereocenters. The zero-order valence-corrected chi connectivity index (χ0v) is 15.6. The van der Waals surface area contributed by atoms with E-state index in [1.807, 2.05) is 37.3 Å². The quantitative estimate of drug-likeness (QED) is 0.611. The van der Waals surface area contributed by atoms with Crippen molar-refractivity contribution in [2.45, 2.75) is 39.1 Å². The Morgan fingerprint density at radius 3 is 2.33 bits per heavy atom. The first-order chi connectivity index (χ1) is 13.0. The number of alkyl carbamates (subject to hydrolysis) is 1. The summed E-state index contributed by atoms with van der Waals surface area (Å²) in [7, 11) is 0. The van der Waals surface area contributed by atoms with Crippen LogP contribution in [0, 0.1) is 0 Å². The minimum atomic E-state index is -0.496. The third-order valence-corrected chi connectivity index (χ3v) is 3.90. The molecule has 2 amide bonds. The maximum atomic E-state index is 11.9. The Morgan fingerprint density at radius 2 is 1.70 bits per heavy atom. The number of pyridine rings is 1. The summed E-state index contributed by atoms with van der Waals surface area (Å²) in [5.74, 6) is -0.267. The molecule has 2 atom stereocenters. The molecule has 144 valence electrons. The number of aromatic nitrogens is 1. The Balaban J connectivity index is 1.77. The fourth-order valence-electron chi connectivity index (χ4n) is 2.44. The smallest absolute Gasteiger partial charge is 0.394 e. The molecule has 0 spiro atoms. The van der Waals surface area contributed by atoms with Crippen molar-refractivity contribution in [1.29, 1.82) is 0 Å². The normalized spacial score (nSPS) is 12.7. The van der Waals surface area contributed by atoms with Gasteiger partial charge in [-0.15, -0.1) is 0 Å². The van der Waals surface area contributed by atoms with Crippen molar-refractivity contribution in [1.82, 2.24) is 10.6 Å². The van der Waals surface area contributed by atoms with Gasteiger partial charge in [-0.1, -0.05) is 30.3 Å². The lowest BCUT2D eigenvalue weighted by molar-refractivity contribution is -0.727. The van der Waals surface area contributed by atoms with Crippen LogP contribution in [0.3, 0.4) is 0 Å². The van der Waals surface area contributed by atoms with Gasteiger partial charge in [0.15, 0.2) is 12.4 Å². The minimum Gasteiger partial charge on any atom is -0.394 e. The van der Waals surface area contributed by atoms with E-state index >= 15 is 0 Å². The van der Waals surface area contributed by atoms with E-state index in [-0.39, 0.29) is 31.3 Å². The van der Waals surface area contributed by atoms with Gasteiger partial charge < -0.3 is 20.5 Å². The SMILES string of the molecule is C[C@H](CO)NC(=O)c1cc[n+](COC(=O)N[C@@H](C)Cc2ccccc2)cc1. The Morgan fingerprint density at radius 1 is 1.04 bits per heavy atom. The van der Waals surface area contributed by atoms with Crippen LogP contribution in [0.4, 0.5) is 4.79 Å². The predicted molar refractivity (Wildman–Crippen MR) is 99.9 cm³/mol. The first-order valence-corrected chi connectivity index (χ1v) is 8.86. The van der Waals surface area contributed by atoms with Crippen molar-refractivity contribution in [3.8, 4) is 0 Å². The summed E-state index contributed by atoms with van der Waals surface area (Å²) in [4.78, 5) is 23.8. The third kappa shape index (κ3) is 7.07. The van der Waals surface area contributed by atoms with Gasteiger partial charge in [0.2, 0.25) is 0 Å². The number of nitrogens with one attached hydrogen (secondary N) is 2. The molecule has 0 radical (unpaired) electrons. The fraction of sp³-hybridized carbons (Fsp3) is 0.350. The van der Waals surface area contributed by atoms with Crippen LogP contribution in [0.25, 0.3) is 0 Å². The number of benzene rings is 1. The van der Waals surface area contributed by atoms with Crippen molar-refractivity contribution >= 4 is 12.0 Å². The molecule has 0 bridgehead atoms. The van der Waals surface area contributed by atoms with Crippen molar-refractivity contribution in [3.05, 3.63) is 66.0 Å². The van der Waals surface area contributed by atoms with Gasteiger partial charge >= 0.3 is 6.09 Å². The van der Waals surface area contributed by atoms with Crippen LogP contribution >= 0.6 is 0 Å². The number of nitrogens with zero attached hydrogens (tertiary/aromatic N) is 1. The number of hydrogen-bond donors (Lipinski definition) is 3. The number of ether oxygens (including phenoxy) is 1. The summed E-state index contributed by atoms with van der Waals surface area (Å²) in [5, 5.41) is 14.4. The molecule has 2 aromatic rings. The van der Waals surface area contributed by atoms with Gasteiger partial charge in [0.25, 0.3) is 12.6 Å². The van der Waals surface area contributed by atoms with Gasteiger partial charge in [-0.25, -0.2) is 4.79 Å². The molecule has 2 rings (SSSR count). The molecule has 7 heteroatoms. The van der Waals surface area contributed by atoms with Crippen molar-refractivity contribution in [2.75, 3.05) is 6.61 Å². The highest BCUT2D eigenvalue weighted by Crippen LogP contribution is 2.03. The van der Waals surface area contributed by atoms with E-state index in [0.717, 1.165) is 12.0 Å². The summed E-state index contributed by atoms with van der Waals surface area (Å²) in [5.41, 5.74) is 1.61. The number of hydrogen-bond acceptors (Lipinski definition) is 4. The first-order valence-electron chi connectivity index (χ1n) is 8.86. The van der Waals surface area contributed by atoms with E-state index in [2.05, 4.69) is 10.6 Å². The molecule has 7 nitrogen and oxygen atoms in total. The molecule has 0 saturated heterocycles. The van der Waals surface area contributed by atoms with E-state index in [0.29, 0.717) is 5.56 Å². The predicted octanol–water partition coefficient (Wildman–Crippen LogP) is 1.40. The van der Waals surface area contributed by atoms with E-state index < -0.39 is 6.09 Å². The van der Waals surface area contributed by atoms with Crippen molar-refractivity contribution < 1.29 is 24.0 Å². The summed E-state index contributed by atoms with van der Waals surface area (Å²) in [6, 6.07) is 12.8. The summed E-state index contributed by atoms with van der Waals surface area (Å²) in [6.45, 7) is 3.55. The second-order valence-corrected chi connectivity index (χ2v) is 6.45. The Hall–Kier alpha value is -2.93. The van der Waals surface area contributed by atoms with Crippen LogP contribution in [0.5, 0.6) is 0 Å². The van der Waals surface area contributed by atoms with Gasteiger partial charge in [-0.05, 0) is 25.8 Å². The number of amides is 2. The summed E-state index contributed by atoms with van der Waals surface area (Å²) in [6.07, 6.45) is 3.53. The lowest BCUT2D eigenvalue weighted by Gasteiger charge is -2.13. The standard InChI is InChI=1S/C20H25N3O4/c1-15(12-17-6-4-3-5-7-17)22-20(26)27-14-23-10-8-18(9-11-23)19(25)21-16(2)13-24/h3-11,15-16,24H,12-14H2,1-2H3,(H-,21,22,25,26)/p+1/t15-,16+/m0/s1. The van der Waals surface area contributed by atoms with Crippen LogP contribution in [0.15, 0.2) is 54.9 Å². The third-order valence-electron chi connectivity index (χ3n) is 3.90. The van der Waals surface area contributed by atoms with Gasteiger partial charge in [-0.2, -0.15) is 4.57 Å². The summed E-state index contributed by atoms with van der Waals surface area (Å²) < 4.78 is 6.84. The van der Waals surface area contributed by atoms with E-state index in [1.165, 1.54) is 0 Å². The number of aliphatic hydroxyl groups is 1. The minimum absolute atomic E-state index is 0.0405. The van der Waals surface area contributed by atoms with Gasteiger partial charge in [0.05, 0.1) is 12.2 Å². The second kappa shape index (κ2) is 10.3. The van der Waals surface area contributed by atoms with E-state index in [9.17, 15) is 9.59 Å². The maximum absolute atomic E-state index is 11.9. The molecular formula is C20H26N3O4+. The molecule has 1 aromatic heterocycles. The first kappa shape index (κ1) is 20.4. The molecule has 3 N–H and O–H groups in total. The highest BCUT2D eigenvalue weighted by Gasteiger charge is 2.13. The molecule has 0 aliphatic carbocycles. The zero-order valence-electron chi connectivity index (χ0n) is 15.6. The number of carbonyl (C=O) groups excluding carboxylic acids is 2. The lowest BCUT2D eigenvalue weighted by Crippen LogP contribution is -2.41. The van der Waals surface area contributed by atoms with Gasteiger partial charge in [-0.3, -0.25) is 4.79 Å². The Kier molecular flexibility index (Phi) is 7.76. The number of rotatable bonds is 8. The molecule has 0 saturated carbocycles. The molecule has 1 heterocycles. The zero-order chi connectivity index (χ0) is 19.6. The monoisotopic (exact) mass is 372 g/mol. The van der Waals surface area contributed by atoms with Crippen LogP contribution in [0.2, 0.25) is 0 Å². The molecule has 27 heavy (non-hydrogen) atoms. The van der Waals surface area contributed by atoms with Gasteiger partial charge in [0, 0.05) is 24.2 Å². The lowest BCUT2D eigenvalue weighted by atomic mass is 10.1. The molecule has 0 fully saturated rings. The van der Waals surface area contributed by atoms with Crippen molar-refractivity contribution in [2.24, 2.45) is 0 Å². The molecular weight excluding hydrogens is 346 g/mol. The van der Waals surface area contributed by atoms with Crippen LogP contribution in [-0.4, -0.2) is 35.8 Å². The molecule has 1 aromatic carbocycles. The summed E-state index contributed by atoms with van der Waals surface area (Å²) >= 11 is 0. The second-order valence-electron chi connectivity index (χ2n) is 6.45. The molecule has 0 aliphatic rings. The van der Waals surface area contributed by atoms with Crippen LogP contribution in [-0.2, 0) is 17.9 Å². The van der Waals surface area contributed by atoms with Crippen molar-refractivity contribution in [3.63, 3.8) is 0 Å². The van der Waals surface area contributed by atoms with E-state index in [4.69, 9.17) is 9.84 Å². The Bertz CT molecular complexity index is 735. The van der Waals surface area contributed by atoms with Crippen LogP contribution < -0.4 is 15.2 Å². The number of aliphatic hydroxyl groups excluding tert-OH is 1. The van der Waals surface area contributed by atoms with Crippen LogP contribution in [0.1, 0.15) is 29.8 Å². The van der Waals surface area contributed by atoms with Gasteiger partial charge in [0.1, 0.15) is 0 Å².